The lowest BCUT2D eigenvalue weighted by molar-refractivity contribution is 0.102. The SMILES string of the molecule is Cc1cc(C)c(C(=O)Nc2c(Cl)cccc2Cl)c(C)c1. The summed E-state index contributed by atoms with van der Waals surface area (Å²) in [6.45, 7) is 5.85. The van der Waals surface area contributed by atoms with Crippen LogP contribution in [0, 0.1) is 20.8 Å². The summed E-state index contributed by atoms with van der Waals surface area (Å²) >= 11 is 12.1. The lowest BCUT2D eigenvalue weighted by atomic mass is 9.99. The van der Waals surface area contributed by atoms with E-state index in [4.69, 9.17) is 23.2 Å². The summed E-state index contributed by atoms with van der Waals surface area (Å²) in [6.07, 6.45) is 0. The summed E-state index contributed by atoms with van der Waals surface area (Å²) < 4.78 is 0. The Balaban J connectivity index is 2.39. The van der Waals surface area contributed by atoms with Gasteiger partial charge < -0.3 is 5.32 Å². The average Bonchev–Trinajstić information content (AvgIpc) is 2.32. The van der Waals surface area contributed by atoms with Gasteiger partial charge in [-0.25, -0.2) is 0 Å². The van der Waals surface area contributed by atoms with Gasteiger partial charge in [-0.1, -0.05) is 47.0 Å². The van der Waals surface area contributed by atoms with E-state index >= 15 is 0 Å². The predicted octanol–water partition coefficient (Wildman–Crippen LogP) is 5.17. The molecule has 0 unspecified atom stereocenters. The maximum absolute atomic E-state index is 12.4. The lowest BCUT2D eigenvalue weighted by Gasteiger charge is -2.13. The molecule has 104 valence electrons. The third-order valence-electron chi connectivity index (χ3n) is 3.11. The molecular weight excluding hydrogens is 293 g/mol. The van der Waals surface area contributed by atoms with E-state index in [1.807, 2.05) is 32.9 Å². The minimum Gasteiger partial charge on any atom is -0.319 e. The molecule has 0 spiro atoms. The predicted molar refractivity (Wildman–Crippen MR) is 85.1 cm³/mol. The zero-order valence-electron chi connectivity index (χ0n) is 11.6. The molecule has 4 heteroatoms. The van der Waals surface area contributed by atoms with Gasteiger partial charge in [-0.2, -0.15) is 0 Å². The van der Waals surface area contributed by atoms with Gasteiger partial charge in [-0.05, 0) is 44.0 Å². The number of halogens is 2. The second-order valence-corrected chi connectivity index (χ2v) is 5.64. The second kappa shape index (κ2) is 5.86. The minimum atomic E-state index is -0.199. The molecule has 0 aromatic heterocycles. The fraction of sp³-hybridized carbons (Fsp3) is 0.188. The summed E-state index contributed by atoms with van der Waals surface area (Å²) in [4.78, 5) is 12.4. The Labute approximate surface area is 128 Å². The monoisotopic (exact) mass is 307 g/mol. The van der Waals surface area contributed by atoms with Crippen LogP contribution >= 0.6 is 23.2 Å². The van der Waals surface area contributed by atoms with Crippen molar-refractivity contribution in [3.05, 3.63) is 62.6 Å². The molecule has 20 heavy (non-hydrogen) atoms. The van der Waals surface area contributed by atoms with Gasteiger partial charge in [0.25, 0.3) is 5.91 Å². The first-order valence-electron chi connectivity index (χ1n) is 6.23. The molecular formula is C16H15Cl2NO. The topological polar surface area (TPSA) is 29.1 Å². The summed E-state index contributed by atoms with van der Waals surface area (Å²) in [5, 5.41) is 3.64. The molecule has 2 aromatic rings. The smallest absolute Gasteiger partial charge is 0.256 e. The first-order valence-corrected chi connectivity index (χ1v) is 6.99. The highest BCUT2D eigenvalue weighted by molar-refractivity contribution is 6.40. The van der Waals surface area contributed by atoms with E-state index in [-0.39, 0.29) is 5.91 Å². The van der Waals surface area contributed by atoms with Crippen molar-refractivity contribution in [3.63, 3.8) is 0 Å². The van der Waals surface area contributed by atoms with Crippen LogP contribution in [-0.2, 0) is 0 Å². The van der Waals surface area contributed by atoms with E-state index in [1.54, 1.807) is 18.2 Å². The zero-order valence-corrected chi connectivity index (χ0v) is 13.1. The molecule has 0 bridgehead atoms. The fourth-order valence-electron chi connectivity index (χ4n) is 2.33. The van der Waals surface area contributed by atoms with Crippen molar-refractivity contribution in [2.75, 3.05) is 5.32 Å². The van der Waals surface area contributed by atoms with Crippen molar-refractivity contribution in [2.24, 2.45) is 0 Å². The van der Waals surface area contributed by atoms with Gasteiger partial charge in [0.05, 0.1) is 15.7 Å². The molecule has 0 aliphatic carbocycles. The molecule has 1 N–H and O–H groups in total. The van der Waals surface area contributed by atoms with Crippen LogP contribution in [0.4, 0.5) is 5.69 Å². The van der Waals surface area contributed by atoms with Crippen molar-refractivity contribution in [1.29, 1.82) is 0 Å². The number of benzene rings is 2. The first kappa shape index (κ1) is 14.9. The van der Waals surface area contributed by atoms with Gasteiger partial charge in [0.2, 0.25) is 0 Å². The highest BCUT2D eigenvalue weighted by Gasteiger charge is 2.15. The first-order chi connectivity index (χ1) is 9.40. The Bertz CT molecular complexity index is 637. The zero-order chi connectivity index (χ0) is 14.9. The van der Waals surface area contributed by atoms with Crippen molar-refractivity contribution in [1.82, 2.24) is 0 Å². The third kappa shape index (κ3) is 2.97. The second-order valence-electron chi connectivity index (χ2n) is 4.82. The molecule has 0 fully saturated rings. The summed E-state index contributed by atoms with van der Waals surface area (Å²) in [5.74, 6) is -0.199. The van der Waals surface area contributed by atoms with E-state index in [1.165, 1.54) is 0 Å². The van der Waals surface area contributed by atoms with Gasteiger partial charge in [0, 0.05) is 5.56 Å². The highest BCUT2D eigenvalue weighted by atomic mass is 35.5. The number of rotatable bonds is 2. The number of hydrogen-bond donors (Lipinski definition) is 1. The Morgan fingerprint density at radius 2 is 1.50 bits per heavy atom. The van der Waals surface area contributed by atoms with Crippen LogP contribution in [0.1, 0.15) is 27.0 Å². The number of amides is 1. The normalized spacial score (nSPS) is 10.4. The van der Waals surface area contributed by atoms with Gasteiger partial charge >= 0.3 is 0 Å². The van der Waals surface area contributed by atoms with E-state index < -0.39 is 0 Å². The van der Waals surface area contributed by atoms with Crippen LogP contribution in [0.25, 0.3) is 0 Å². The van der Waals surface area contributed by atoms with Gasteiger partial charge in [-0.3, -0.25) is 4.79 Å². The van der Waals surface area contributed by atoms with E-state index in [9.17, 15) is 4.79 Å². The van der Waals surface area contributed by atoms with Crippen LogP contribution < -0.4 is 5.32 Å². The largest absolute Gasteiger partial charge is 0.319 e. The van der Waals surface area contributed by atoms with Gasteiger partial charge in [-0.15, -0.1) is 0 Å². The van der Waals surface area contributed by atoms with Crippen molar-refractivity contribution < 1.29 is 4.79 Å². The Kier molecular flexibility index (Phi) is 4.36. The third-order valence-corrected chi connectivity index (χ3v) is 3.74. The maximum Gasteiger partial charge on any atom is 0.256 e. The number of aryl methyl sites for hydroxylation is 3. The van der Waals surface area contributed by atoms with E-state index in [0.717, 1.165) is 16.7 Å². The molecule has 1 amide bonds. The molecule has 2 rings (SSSR count). The van der Waals surface area contributed by atoms with Crippen molar-refractivity contribution in [3.8, 4) is 0 Å². The van der Waals surface area contributed by atoms with Crippen LogP contribution in [0.5, 0.6) is 0 Å². The molecule has 0 aliphatic rings. The Hall–Kier alpha value is -1.51. The van der Waals surface area contributed by atoms with Crippen LogP contribution in [0.3, 0.4) is 0 Å². The highest BCUT2D eigenvalue weighted by Crippen LogP contribution is 2.30. The molecule has 0 saturated heterocycles. The summed E-state index contributed by atoms with van der Waals surface area (Å²) in [5.41, 5.74) is 4.10. The van der Waals surface area contributed by atoms with Crippen molar-refractivity contribution in [2.45, 2.75) is 20.8 Å². The molecule has 2 aromatic carbocycles. The van der Waals surface area contributed by atoms with E-state index in [2.05, 4.69) is 5.32 Å². The molecule has 0 aliphatic heterocycles. The minimum absolute atomic E-state index is 0.199. The quantitative estimate of drug-likeness (QED) is 0.814. The number of carbonyl (C=O) groups excluding carboxylic acids is 1. The van der Waals surface area contributed by atoms with Gasteiger partial charge in [0.15, 0.2) is 0 Å². The fourth-order valence-corrected chi connectivity index (χ4v) is 2.82. The molecule has 0 radical (unpaired) electrons. The van der Waals surface area contributed by atoms with Crippen LogP contribution in [-0.4, -0.2) is 5.91 Å². The number of para-hydroxylation sites is 1. The Morgan fingerprint density at radius 1 is 1.00 bits per heavy atom. The molecule has 2 nitrogen and oxygen atoms in total. The van der Waals surface area contributed by atoms with Crippen LogP contribution in [0.15, 0.2) is 30.3 Å². The summed E-state index contributed by atoms with van der Waals surface area (Å²) in [6, 6.07) is 9.09. The molecule has 0 saturated carbocycles. The van der Waals surface area contributed by atoms with Gasteiger partial charge in [0.1, 0.15) is 0 Å². The Morgan fingerprint density at radius 3 is 2.00 bits per heavy atom. The molecule has 0 atom stereocenters. The standard InChI is InChI=1S/C16H15Cl2NO/c1-9-7-10(2)14(11(3)8-9)16(20)19-15-12(17)5-4-6-13(15)18/h4-8H,1-3H3,(H,19,20). The lowest BCUT2D eigenvalue weighted by Crippen LogP contribution is -2.15. The number of anilines is 1. The van der Waals surface area contributed by atoms with E-state index in [0.29, 0.717) is 21.3 Å². The number of carbonyl (C=O) groups is 1. The number of hydrogen-bond acceptors (Lipinski definition) is 1. The average molecular weight is 308 g/mol. The van der Waals surface area contributed by atoms with Crippen molar-refractivity contribution >= 4 is 34.8 Å². The van der Waals surface area contributed by atoms with Crippen LogP contribution in [0.2, 0.25) is 10.0 Å². The maximum atomic E-state index is 12.4. The summed E-state index contributed by atoms with van der Waals surface area (Å²) in [7, 11) is 0. The number of nitrogens with one attached hydrogen (secondary N) is 1. The molecule has 0 heterocycles.